The first kappa shape index (κ1) is 23.8. The van der Waals surface area contributed by atoms with Crippen LogP contribution >= 0.6 is 0 Å². The largest absolute Gasteiger partial charge is 0.507 e. The normalized spacial score (nSPS) is 33.2. The van der Waals surface area contributed by atoms with Crippen LogP contribution in [0.1, 0.15) is 98.9 Å². The van der Waals surface area contributed by atoms with Gasteiger partial charge in [-0.3, -0.25) is 9.59 Å². The second-order valence-electron chi connectivity index (χ2n) is 12.0. The highest BCUT2D eigenvalue weighted by Crippen LogP contribution is 2.75. The average molecular weight is 455 g/mol. The topological polar surface area (TPSA) is 94.8 Å². The highest BCUT2D eigenvalue weighted by atomic mass is 16.3. The number of hydrogen-bond acceptors (Lipinski definition) is 5. The van der Waals surface area contributed by atoms with E-state index in [0.29, 0.717) is 42.7 Å². The lowest BCUT2D eigenvalue weighted by Crippen LogP contribution is -2.36. The molecule has 3 aliphatic rings. The quantitative estimate of drug-likeness (QED) is 0.351. The molecule has 1 unspecified atom stereocenters. The Labute approximate surface area is 196 Å². The van der Waals surface area contributed by atoms with E-state index in [4.69, 9.17) is 0 Å². The Balaban J connectivity index is 1.93. The molecule has 33 heavy (non-hydrogen) atoms. The molecule has 5 nitrogen and oxygen atoms in total. The van der Waals surface area contributed by atoms with Gasteiger partial charge in [0.25, 0.3) is 0 Å². The summed E-state index contributed by atoms with van der Waals surface area (Å²) in [5.74, 6) is 0.453. The lowest BCUT2D eigenvalue weighted by molar-refractivity contribution is 0.106. The predicted molar refractivity (Wildman–Crippen MR) is 128 cm³/mol. The van der Waals surface area contributed by atoms with Gasteiger partial charge in [-0.25, -0.2) is 0 Å². The summed E-state index contributed by atoms with van der Waals surface area (Å²) in [6, 6.07) is 0. The van der Waals surface area contributed by atoms with Crippen LogP contribution in [0.4, 0.5) is 0 Å². The van der Waals surface area contributed by atoms with Crippen LogP contribution in [-0.4, -0.2) is 27.9 Å². The molecule has 3 aliphatic carbocycles. The van der Waals surface area contributed by atoms with E-state index in [0.717, 1.165) is 25.7 Å². The van der Waals surface area contributed by atoms with Crippen LogP contribution in [0.5, 0.6) is 17.2 Å². The van der Waals surface area contributed by atoms with Gasteiger partial charge < -0.3 is 15.3 Å². The SMILES string of the molecule is C=C1CC[C@@H]2[C@H]([C@H]3[C@H]1CC[C@]3(C)C(CC(C)C)c1c(O)c(C=O)c(O)c(C=O)c1O)C2(C)C. The number of carbonyl (C=O) groups excluding carboxylic acids is 2. The van der Waals surface area contributed by atoms with Crippen LogP contribution in [0.2, 0.25) is 0 Å². The van der Waals surface area contributed by atoms with Crippen LogP contribution < -0.4 is 0 Å². The Bertz CT molecular complexity index is 971. The number of aromatic hydroxyl groups is 3. The summed E-state index contributed by atoms with van der Waals surface area (Å²) < 4.78 is 0. The van der Waals surface area contributed by atoms with Crippen LogP contribution in [-0.2, 0) is 0 Å². The van der Waals surface area contributed by atoms with Crippen molar-refractivity contribution in [1.29, 1.82) is 0 Å². The van der Waals surface area contributed by atoms with Gasteiger partial charge in [0.1, 0.15) is 17.2 Å². The number of aldehydes is 2. The first-order valence-electron chi connectivity index (χ1n) is 12.3. The smallest absolute Gasteiger partial charge is 0.157 e. The summed E-state index contributed by atoms with van der Waals surface area (Å²) >= 11 is 0. The number of phenolic OH excluding ortho intramolecular Hbond substituents is 3. The zero-order chi connectivity index (χ0) is 24.5. The van der Waals surface area contributed by atoms with Gasteiger partial charge >= 0.3 is 0 Å². The Kier molecular flexibility index (Phi) is 5.70. The van der Waals surface area contributed by atoms with Gasteiger partial charge in [-0.05, 0) is 78.4 Å². The molecule has 3 N–H and O–H groups in total. The molecule has 1 aromatic rings. The molecule has 3 fully saturated rings. The highest BCUT2D eigenvalue weighted by molar-refractivity contribution is 5.95. The first-order chi connectivity index (χ1) is 15.4. The summed E-state index contributed by atoms with van der Waals surface area (Å²) in [7, 11) is 0. The fourth-order valence-corrected chi connectivity index (χ4v) is 7.89. The first-order valence-corrected chi connectivity index (χ1v) is 12.3. The van der Waals surface area contributed by atoms with Crippen molar-refractivity contribution in [3.63, 3.8) is 0 Å². The van der Waals surface area contributed by atoms with Crippen LogP contribution in [0.15, 0.2) is 12.2 Å². The summed E-state index contributed by atoms with van der Waals surface area (Å²) in [5.41, 5.74) is 0.887. The standard InChI is InChI=1S/C28H38O5/c1-14(2)11-20(21-25(32)17(12-29)24(31)18(13-30)26(21)33)28(6)10-9-16-15(3)7-8-19-23(22(16)28)27(19,4)5/h12-14,16,19-20,22-23,31-33H,3,7-11H2,1-2,4-6H3/t16-,19+,20?,22+,23+,28+/m0/s1. The van der Waals surface area contributed by atoms with Gasteiger partial charge in [0.2, 0.25) is 0 Å². The number of carbonyl (C=O) groups is 2. The van der Waals surface area contributed by atoms with E-state index in [-0.39, 0.29) is 39.4 Å². The summed E-state index contributed by atoms with van der Waals surface area (Å²) in [6.45, 7) is 15.6. The molecule has 0 spiro atoms. The van der Waals surface area contributed by atoms with Crippen molar-refractivity contribution >= 4 is 12.6 Å². The molecule has 1 aromatic carbocycles. The molecule has 0 aromatic heterocycles. The lowest BCUT2D eigenvalue weighted by Gasteiger charge is -2.44. The average Bonchev–Trinajstić information content (AvgIpc) is 3.16. The van der Waals surface area contributed by atoms with E-state index in [9.17, 15) is 24.9 Å². The minimum Gasteiger partial charge on any atom is -0.507 e. The molecule has 3 saturated carbocycles. The van der Waals surface area contributed by atoms with E-state index in [1.165, 1.54) is 5.57 Å². The minimum atomic E-state index is -0.664. The highest BCUT2D eigenvalue weighted by Gasteiger charge is 2.68. The van der Waals surface area contributed by atoms with Crippen molar-refractivity contribution in [2.75, 3.05) is 0 Å². The van der Waals surface area contributed by atoms with Crippen molar-refractivity contribution in [3.05, 3.63) is 28.8 Å². The van der Waals surface area contributed by atoms with Crippen LogP contribution in [0, 0.1) is 40.4 Å². The third-order valence-electron chi connectivity index (χ3n) is 9.63. The van der Waals surface area contributed by atoms with Crippen molar-refractivity contribution < 1.29 is 24.9 Å². The zero-order valence-corrected chi connectivity index (χ0v) is 20.5. The molecule has 5 heteroatoms. The Morgan fingerprint density at radius 3 is 2.06 bits per heavy atom. The van der Waals surface area contributed by atoms with Gasteiger partial charge in [-0.15, -0.1) is 0 Å². The van der Waals surface area contributed by atoms with Crippen molar-refractivity contribution in [1.82, 2.24) is 0 Å². The number of allylic oxidation sites excluding steroid dienone is 1. The molecule has 0 radical (unpaired) electrons. The second kappa shape index (κ2) is 7.89. The maximum absolute atomic E-state index is 11.8. The molecule has 0 heterocycles. The summed E-state index contributed by atoms with van der Waals surface area (Å²) in [6.07, 6.45) is 5.57. The second-order valence-corrected chi connectivity index (χ2v) is 12.0. The number of fused-ring (bicyclic) bond motifs is 3. The number of hydrogen-bond donors (Lipinski definition) is 3. The molecule has 0 amide bonds. The maximum Gasteiger partial charge on any atom is 0.157 e. The molecule has 0 saturated heterocycles. The third kappa shape index (κ3) is 3.33. The third-order valence-corrected chi connectivity index (χ3v) is 9.63. The van der Waals surface area contributed by atoms with E-state index in [2.05, 4.69) is 41.2 Å². The van der Waals surface area contributed by atoms with Gasteiger partial charge in [0, 0.05) is 5.56 Å². The summed E-state index contributed by atoms with van der Waals surface area (Å²) in [5, 5.41) is 32.6. The van der Waals surface area contributed by atoms with E-state index >= 15 is 0 Å². The van der Waals surface area contributed by atoms with Gasteiger partial charge in [0.15, 0.2) is 12.6 Å². The minimum absolute atomic E-state index is 0.235. The lowest BCUT2D eigenvalue weighted by atomic mass is 9.60. The number of phenols is 3. The Hall–Kier alpha value is -2.30. The predicted octanol–water partition coefficient (Wildman–Crippen LogP) is 6.21. The molecule has 6 atom stereocenters. The molecule has 4 rings (SSSR count). The van der Waals surface area contributed by atoms with Crippen molar-refractivity contribution in [2.24, 2.45) is 40.4 Å². The fraction of sp³-hybridized carbons (Fsp3) is 0.643. The summed E-state index contributed by atoms with van der Waals surface area (Å²) in [4.78, 5) is 23.5. The van der Waals surface area contributed by atoms with Gasteiger partial charge in [0.05, 0.1) is 11.1 Å². The molecule has 180 valence electrons. The molecule has 0 aliphatic heterocycles. The van der Waals surface area contributed by atoms with Crippen LogP contribution in [0.25, 0.3) is 0 Å². The molecular weight excluding hydrogens is 416 g/mol. The fourth-order valence-electron chi connectivity index (χ4n) is 7.89. The number of rotatable bonds is 6. The zero-order valence-electron chi connectivity index (χ0n) is 20.5. The van der Waals surface area contributed by atoms with E-state index in [1.54, 1.807) is 0 Å². The number of benzene rings is 1. The Morgan fingerprint density at radius 2 is 1.55 bits per heavy atom. The van der Waals surface area contributed by atoms with Gasteiger partial charge in [-0.2, -0.15) is 0 Å². The molecule has 0 bridgehead atoms. The molecular formula is C28H38O5. The van der Waals surface area contributed by atoms with Gasteiger partial charge in [-0.1, -0.05) is 46.8 Å². The maximum atomic E-state index is 11.8. The van der Waals surface area contributed by atoms with Crippen molar-refractivity contribution in [3.8, 4) is 17.2 Å². The van der Waals surface area contributed by atoms with E-state index in [1.807, 2.05) is 0 Å². The Morgan fingerprint density at radius 1 is 0.970 bits per heavy atom. The van der Waals surface area contributed by atoms with Crippen LogP contribution in [0.3, 0.4) is 0 Å². The van der Waals surface area contributed by atoms with E-state index < -0.39 is 17.2 Å². The monoisotopic (exact) mass is 454 g/mol. The van der Waals surface area contributed by atoms with Crippen molar-refractivity contribution in [2.45, 2.75) is 72.6 Å².